The zero-order valence-corrected chi connectivity index (χ0v) is 21.6. The molecule has 4 aromatic rings. The van der Waals surface area contributed by atoms with Gasteiger partial charge in [0.1, 0.15) is 5.69 Å². The monoisotopic (exact) mass is 515 g/mol. The standard InChI is InChI=1S/C27H29N7O4/c1-31(2)18-8-9-20-16(12-18)10-11-34(24(20)36)23-7-5-6-19(21(23)15-35)17-13-22(25(37)32(3)14-17)28-26-29-27(38)33(4)30-26/h5-9,12-14,35H,10-11,15H2,1-4H3,(H2,28,29,30,38). The first-order valence-corrected chi connectivity index (χ1v) is 12.1. The van der Waals surface area contributed by atoms with Crippen LogP contribution in [0.3, 0.4) is 0 Å². The predicted octanol–water partition coefficient (Wildman–Crippen LogP) is 1.98. The Morgan fingerprint density at radius 3 is 2.55 bits per heavy atom. The first-order chi connectivity index (χ1) is 18.2. The Bertz CT molecular complexity index is 1660. The van der Waals surface area contributed by atoms with Gasteiger partial charge in [-0.3, -0.25) is 14.6 Å². The first kappa shape index (κ1) is 25.0. The van der Waals surface area contributed by atoms with E-state index in [1.54, 1.807) is 24.2 Å². The van der Waals surface area contributed by atoms with E-state index in [2.05, 4.69) is 15.4 Å². The van der Waals surface area contributed by atoms with Crippen molar-refractivity contribution < 1.29 is 9.90 Å². The highest BCUT2D eigenvalue weighted by atomic mass is 16.3. The van der Waals surface area contributed by atoms with Gasteiger partial charge in [0.2, 0.25) is 5.95 Å². The average molecular weight is 516 g/mol. The average Bonchev–Trinajstić information content (AvgIpc) is 3.22. The number of hydrogen-bond acceptors (Lipinski definition) is 7. The Morgan fingerprint density at radius 2 is 1.87 bits per heavy atom. The van der Waals surface area contributed by atoms with E-state index < -0.39 is 5.69 Å². The minimum Gasteiger partial charge on any atom is -0.392 e. The van der Waals surface area contributed by atoms with Crippen molar-refractivity contribution in [2.45, 2.75) is 13.0 Å². The van der Waals surface area contributed by atoms with Gasteiger partial charge in [-0.05, 0) is 47.9 Å². The van der Waals surface area contributed by atoms with Crippen molar-refractivity contribution in [3.05, 3.63) is 86.2 Å². The van der Waals surface area contributed by atoms with Gasteiger partial charge < -0.3 is 24.8 Å². The van der Waals surface area contributed by atoms with E-state index in [-0.39, 0.29) is 29.7 Å². The Hall–Kier alpha value is -4.64. The maximum absolute atomic E-state index is 13.5. The number of aromatic nitrogens is 4. The molecule has 1 aliphatic rings. The van der Waals surface area contributed by atoms with Crippen LogP contribution in [0.4, 0.5) is 23.0 Å². The molecule has 0 radical (unpaired) electrons. The lowest BCUT2D eigenvalue weighted by Crippen LogP contribution is -2.38. The number of amides is 1. The molecule has 38 heavy (non-hydrogen) atoms. The van der Waals surface area contributed by atoms with Crippen LogP contribution in [0, 0.1) is 0 Å². The molecule has 3 N–H and O–H groups in total. The number of aryl methyl sites for hydroxylation is 2. The third-order valence-corrected chi connectivity index (χ3v) is 6.80. The molecule has 0 fully saturated rings. The number of pyridine rings is 1. The molecule has 0 atom stereocenters. The van der Waals surface area contributed by atoms with Gasteiger partial charge >= 0.3 is 5.69 Å². The summed E-state index contributed by atoms with van der Waals surface area (Å²) in [6.45, 7) is 0.174. The number of aliphatic hydroxyl groups is 1. The molecule has 2 aromatic carbocycles. The van der Waals surface area contributed by atoms with Gasteiger partial charge in [0, 0.05) is 63.3 Å². The Balaban J connectivity index is 1.55. The Kier molecular flexibility index (Phi) is 6.37. The fraction of sp³-hybridized carbons (Fsp3) is 0.259. The van der Waals surface area contributed by atoms with Crippen LogP contribution in [0.2, 0.25) is 0 Å². The van der Waals surface area contributed by atoms with Crippen LogP contribution in [0.1, 0.15) is 21.5 Å². The number of fused-ring (bicyclic) bond motifs is 1. The molecule has 0 aliphatic carbocycles. The second kappa shape index (κ2) is 9.67. The molecule has 1 amide bonds. The summed E-state index contributed by atoms with van der Waals surface area (Å²) in [4.78, 5) is 44.4. The second-order valence-corrected chi connectivity index (χ2v) is 9.49. The van der Waals surface area contributed by atoms with Gasteiger partial charge in [-0.1, -0.05) is 12.1 Å². The zero-order chi connectivity index (χ0) is 27.1. The van der Waals surface area contributed by atoms with E-state index >= 15 is 0 Å². The minimum atomic E-state index is -0.415. The number of carbonyl (C=O) groups is 1. The van der Waals surface area contributed by atoms with Crippen molar-refractivity contribution >= 4 is 28.9 Å². The molecule has 0 spiro atoms. The fourth-order valence-electron chi connectivity index (χ4n) is 4.78. The van der Waals surface area contributed by atoms with Crippen molar-refractivity contribution in [3.63, 3.8) is 0 Å². The third kappa shape index (κ3) is 4.37. The van der Waals surface area contributed by atoms with E-state index in [4.69, 9.17) is 0 Å². The number of nitrogens with one attached hydrogen (secondary N) is 2. The van der Waals surface area contributed by atoms with Gasteiger partial charge in [0.15, 0.2) is 0 Å². The fourth-order valence-corrected chi connectivity index (χ4v) is 4.78. The van der Waals surface area contributed by atoms with Gasteiger partial charge in [0.25, 0.3) is 11.5 Å². The molecular formula is C27H29N7O4. The zero-order valence-electron chi connectivity index (χ0n) is 21.6. The highest BCUT2D eigenvalue weighted by Crippen LogP contribution is 2.35. The summed E-state index contributed by atoms with van der Waals surface area (Å²) >= 11 is 0. The summed E-state index contributed by atoms with van der Waals surface area (Å²) in [5.74, 6) is 0.0169. The number of aliphatic hydroxyl groups excluding tert-OH is 1. The van der Waals surface area contributed by atoms with Crippen LogP contribution in [-0.4, -0.2) is 51.0 Å². The summed E-state index contributed by atoms with van der Waals surface area (Å²) in [5.41, 5.74) is 4.68. The highest BCUT2D eigenvalue weighted by Gasteiger charge is 2.28. The normalized spacial score (nSPS) is 13.0. The smallest absolute Gasteiger partial charge is 0.344 e. The van der Waals surface area contributed by atoms with E-state index in [9.17, 15) is 19.5 Å². The first-order valence-electron chi connectivity index (χ1n) is 12.1. The molecular weight excluding hydrogens is 486 g/mol. The molecule has 3 heterocycles. The number of rotatable bonds is 6. The number of nitrogens with zero attached hydrogens (tertiary/aromatic N) is 5. The molecule has 11 heteroatoms. The summed E-state index contributed by atoms with van der Waals surface area (Å²) in [6.07, 6.45) is 2.36. The molecule has 0 bridgehead atoms. The molecule has 0 saturated heterocycles. The van der Waals surface area contributed by atoms with Gasteiger partial charge in [0.05, 0.1) is 12.3 Å². The number of aromatic amines is 1. The van der Waals surface area contributed by atoms with E-state index in [1.807, 2.05) is 55.4 Å². The maximum atomic E-state index is 13.5. The highest BCUT2D eigenvalue weighted by molar-refractivity contribution is 6.09. The molecule has 0 unspecified atom stereocenters. The largest absolute Gasteiger partial charge is 0.392 e. The summed E-state index contributed by atoms with van der Waals surface area (Å²) in [5, 5.41) is 17.4. The van der Waals surface area contributed by atoms with Crippen LogP contribution >= 0.6 is 0 Å². The maximum Gasteiger partial charge on any atom is 0.344 e. The SMILES string of the molecule is CN(C)c1ccc2c(c1)CCN(c1cccc(-c3cc(Nc4nn(C)c(=O)[nH]4)c(=O)n(C)c3)c1CO)C2=O. The number of benzene rings is 2. The van der Waals surface area contributed by atoms with E-state index in [0.717, 1.165) is 15.9 Å². The molecule has 11 nitrogen and oxygen atoms in total. The molecule has 5 rings (SSSR count). The Morgan fingerprint density at radius 1 is 1.08 bits per heavy atom. The summed E-state index contributed by atoms with van der Waals surface area (Å²) in [7, 11) is 7.05. The lowest BCUT2D eigenvalue weighted by atomic mass is 9.94. The van der Waals surface area contributed by atoms with E-state index in [1.165, 1.54) is 11.6 Å². The minimum absolute atomic E-state index is 0.120. The van der Waals surface area contributed by atoms with Gasteiger partial charge in [-0.2, -0.15) is 0 Å². The quantitative estimate of drug-likeness (QED) is 0.358. The molecule has 0 saturated carbocycles. The molecule has 2 aromatic heterocycles. The van der Waals surface area contributed by atoms with Crippen molar-refractivity contribution in [2.24, 2.45) is 14.1 Å². The van der Waals surface area contributed by atoms with Gasteiger partial charge in [-0.25, -0.2) is 9.48 Å². The summed E-state index contributed by atoms with van der Waals surface area (Å²) < 4.78 is 2.54. The van der Waals surface area contributed by atoms with Crippen LogP contribution in [0.5, 0.6) is 0 Å². The van der Waals surface area contributed by atoms with Crippen LogP contribution in [0.25, 0.3) is 11.1 Å². The molecule has 1 aliphatic heterocycles. The van der Waals surface area contributed by atoms with Crippen LogP contribution < -0.4 is 26.4 Å². The van der Waals surface area contributed by atoms with Crippen molar-refractivity contribution in [2.75, 3.05) is 35.8 Å². The number of hydrogen-bond donors (Lipinski definition) is 3. The van der Waals surface area contributed by atoms with Crippen molar-refractivity contribution in [3.8, 4) is 11.1 Å². The van der Waals surface area contributed by atoms with Gasteiger partial charge in [-0.15, -0.1) is 5.10 Å². The Labute approximate surface area is 218 Å². The van der Waals surface area contributed by atoms with Crippen molar-refractivity contribution in [1.82, 2.24) is 19.3 Å². The lowest BCUT2D eigenvalue weighted by Gasteiger charge is -2.31. The number of anilines is 4. The van der Waals surface area contributed by atoms with E-state index in [0.29, 0.717) is 40.9 Å². The number of carbonyl (C=O) groups excluding carboxylic acids is 1. The lowest BCUT2D eigenvalue weighted by molar-refractivity contribution is 0.0980. The molecule has 196 valence electrons. The van der Waals surface area contributed by atoms with Crippen LogP contribution in [-0.2, 0) is 27.1 Å². The van der Waals surface area contributed by atoms with Crippen molar-refractivity contribution in [1.29, 1.82) is 0 Å². The number of H-pyrrole nitrogens is 1. The topological polar surface area (TPSA) is 128 Å². The second-order valence-electron chi connectivity index (χ2n) is 9.49. The summed E-state index contributed by atoms with van der Waals surface area (Å²) in [6, 6.07) is 13.0. The third-order valence-electron chi connectivity index (χ3n) is 6.80. The van der Waals surface area contributed by atoms with Crippen LogP contribution in [0.15, 0.2) is 58.3 Å². The predicted molar refractivity (Wildman–Crippen MR) is 146 cm³/mol.